The zero-order valence-electron chi connectivity index (χ0n) is 11.4. The van der Waals surface area contributed by atoms with E-state index in [0.29, 0.717) is 16.6 Å². The van der Waals surface area contributed by atoms with Crippen LogP contribution in [0, 0.1) is 0 Å². The Morgan fingerprint density at radius 1 is 1.43 bits per heavy atom. The molecule has 3 rings (SSSR count). The number of rotatable bonds is 5. The molecule has 1 saturated carbocycles. The number of amides is 1. The first-order valence-corrected chi connectivity index (χ1v) is 8.34. The van der Waals surface area contributed by atoms with Crippen molar-refractivity contribution in [2.24, 2.45) is 0 Å². The molecule has 0 unspecified atom stereocenters. The predicted octanol–water partition coefficient (Wildman–Crippen LogP) is 3.05. The van der Waals surface area contributed by atoms with E-state index in [0.717, 1.165) is 17.7 Å². The van der Waals surface area contributed by atoms with Crippen LogP contribution in [0.2, 0.25) is 0 Å². The van der Waals surface area contributed by atoms with Crippen molar-refractivity contribution in [3.05, 3.63) is 33.5 Å². The zero-order valence-corrected chi connectivity index (χ0v) is 13.1. The second-order valence-corrected chi connectivity index (χ2v) is 6.74. The van der Waals surface area contributed by atoms with Gasteiger partial charge in [-0.2, -0.15) is 0 Å². The first kappa shape index (κ1) is 14.2. The molecule has 2 aromatic heterocycles. The summed E-state index contributed by atoms with van der Waals surface area (Å²) < 4.78 is 4.98. The number of esters is 1. The summed E-state index contributed by atoms with van der Waals surface area (Å²) in [4.78, 5) is 29.7. The Morgan fingerprint density at radius 3 is 2.86 bits per heavy atom. The van der Waals surface area contributed by atoms with E-state index in [4.69, 9.17) is 4.74 Å². The fourth-order valence-corrected chi connectivity index (χ4v) is 3.79. The molecule has 1 amide bonds. The van der Waals surface area contributed by atoms with Gasteiger partial charge in [-0.05, 0) is 31.9 Å². The van der Waals surface area contributed by atoms with Gasteiger partial charge in [-0.15, -0.1) is 22.7 Å². The van der Waals surface area contributed by atoms with Gasteiger partial charge in [0.05, 0.1) is 12.0 Å². The lowest BCUT2D eigenvalue weighted by molar-refractivity contribution is -0.118. The fraction of sp³-hybridized carbons (Fsp3) is 0.357. The maximum Gasteiger partial charge on any atom is 0.348 e. The van der Waals surface area contributed by atoms with Gasteiger partial charge in [-0.1, -0.05) is 0 Å². The number of aromatic nitrogens is 1. The van der Waals surface area contributed by atoms with E-state index in [-0.39, 0.29) is 11.9 Å². The molecular formula is C14H14N2O3S2. The van der Waals surface area contributed by atoms with Crippen LogP contribution in [0.1, 0.15) is 34.3 Å². The zero-order chi connectivity index (χ0) is 14.9. The summed E-state index contributed by atoms with van der Waals surface area (Å²) >= 11 is 2.73. The Morgan fingerprint density at radius 2 is 2.24 bits per heavy atom. The van der Waals surface area contributed by atoms with Gasteiger partial charge in [0.2, 0.25) is 5.91 Å². The predicted molar refractivity (Wildman–Crippen MR) is 81.9 cm³/mol. The Hall–Kier alpha value is -1.73. The number of hydrogen-bond donors (Lipinski definition) is 1. The van der Waals surface area contributed by atoms with Crippen molar-refractivity contribution in [1.82, 2.24) is 4.98 Å². The van der Waals surface area contributed by atoms with Crippen LogP contribution in [0.4, 0.5) is 5.13 Å². The molecule has 1 fully saturated rings. The summed E-state index contributed by atoms with van der Waals surface area (Å²) in [5.74, 6) is -0.375. The van der Waals surface area contributed by atoms with Crippen molar-refractivity contribution >= 4 is 39.7 Å². The Labute approximate surface area is 130 Å². The van der Waals surface area contributed by atoms with Crippen molar-refractivity contribution < 1.29 is 14.3 Å². The van der Waals surface area contributed by atoms with Crippen molar-refractivity contribution in [2.75, 3.05) is 11.9 Å². The molecule has 2 heterocycles. The number of thiophene rings is 1. The van der Waals surface area contributed by atoms with Crippen LogP contribution in [0.5, 0.6) is 0 Å². The number of hydrogen-bond acceptors (Lipinski definition) is 6. The molecule has 0 saturated heterocycles. The molecule has 0 aromatic carbocycles. The van der Waals surface area contributed by atoms with Gasteiger partial charge in [0.1, 0.15) is 4.88 Å². The number of nitrogens with zero attached hydrogens (tertiary/aromatic N) is 1. The van der Waals surface area contributed by atoms with Gasteiger partial charge in [0, 0.05) is 16.5 Å². The van der Waals surface area contributed by atoms with Crippen LogP contribution in [0.3, 0.4) is 0 Å². The minimum atomic E-state index is -0.499. The standard InChI is InChI=1S/C14H14N2O3S2/c1-2-19-11(17)9-3-4-10(21-9)14(5-6-14)12(18)16-13-15-7-8-20-13/h3-4,7-8H,2,5-6H2,1H3,(H,15,16,18). The second-order valence-electron chi connectivity index (χ2n) is 4.76. The average Bonchev–Trinajstić information content (AvgIpc) is 2.90. The van der Waals surface area contributed by atoms with Crippen molar-refractivity contribution in [3.63, 3.8) is 0 Å². The van der Waals surface area contributed by atoms with E-state index < -0.39 is 5.41 Å². The molecular weight excluding hydrogens is 308 g/mol. The molecule has 1 N–H and O–H groups in total. The van der Waals surface area contributed by atoms with Crippen LogP contribution in [-0.4, -0.2) is 23.5 Å². The SMILES string of the molecule is CCOC(=O)c1ccc(C2(C(=O)Nc3nccs3)CC2)s1. The molecule has 0 spiro atoms. The van der Waals surface area contributed by atoms with Crippen molar-refractivity contribution in [1.29, 1.82) is 0 Å². The maximum absolute atomic E-state index is 12.4. The normalized spacial score (nSPS) is 15.5. The smallest absolute Gasteiger partial charge is 0.348 e. The van der Waals surface area contributed by atoms with Crippen LogP contribution in [0.25, 0.3) is 0 Å². The van der Waals surface area contributed by atoms with Gasteiger partial charge in [0.25, 0.3) is 0 Å². The molecule has 1 aliphatic carbocycles. The topological polar surface area (TPSA) is 68.3 Å². The highest BCUT2D eigenvalue weighted by atomic mass is 32.1. The maximum atomic E-state index is 12.4. The number of nitrogens with one attached hydrogen (secondary N) is 1. The van der Waals surface area contributed by atoms with Gasteiger partial charge in [-0.3, -0.25) is 4.79 Å². The minimum absolute atomic E-state index is 0.0466. The van der Waals surface area contributed by atoms with Gasteiger partial charge < -0.3 is 10.1 Å². The van der Waals surface area contributed by atoms with Crippen molar-refractivity contribution in [3.8, 4) is 0 Å². The number of anilines is 1. The molecule has 7 heteroatoms. The highest BCUT2D eigenvalue weighted by Crippen LogP contribution is 2.51. The second kappa shape index (κ2) is 5.57. The summed E-state index contributed by atoms with van der Waals surface area (Å²) in [6.45, 7) is 2.12. The van der Waals surface area contributed by atoms with E-state index in [1.807, 2.05) is 11.4 Å². The molecule has 0 aliphatic heterocycles. The van der Waals surface area contributed by atoms with Crippen LogP contribution >= 0.6 is 22.7 Å². The molecule has 2 aromatic rings. The van der Waals surface area contributed by atoms with Crippen LogP contribution in [0.15, 0.2) is 23.7 Å². The van der Waals surface area contributed by atoms with Crippen LogP contribution < -0.4 is 5.32 Å². The molecule has 0 radical (unpaired) electrons. The minimum Gasteiger partial charge on any atom is -0.462 e. The fourth-order valence-electron chi connectivity index (χ4n) is 2.12. The first-order valence-electron chi connectivity index (χ1n) is 6.64. The third-order valence-electron chi connectivity index (χ3n) is 3.39. The molecule has 0 bridgehead atoms. The number of carbonyl (C=O) groups is 2. The largest absolute Gasteiger partial charge is 0.462 e. The molecule has 21 heavy (non-hydrogen) atoms. The highest BCUT2D eigenvalue weighted by molar-refractivity contribution is 7.14. The molecule has 5 nitrogen and oxygen atoms in total. The lowest BCUT2D eigenvalue weighted by atomic mass is 10.0. The number of thiazole rings is 1. The van der Waals surface area contributed by atoms with E-state index in [1.165, 1.54) is 22.7 Å². The Balaban J connectivity index is 1.76. The van der Waals surface area contributed by atoms with Gasteiger partial charge in [0.15, 0.2) is 5.13 Å². The average molecular weight is 322 g/mol. The van der Waals surface area contributed by atoms with Gasteiger partial charge in [-0.25, -0.2) is 9.78 Å². The van der Waals surface area contributed by atoms with Crippen molar-refractivity contribution in [2.45, 2.75) is 25.2 Å². The molecule has 110 valence electrons. The molecule has 1 aliphatic rings. The lowest BCUT2D eigenvalue weighted by Crippen LogP contribution is -2.26. The summed E-state index contributed by atoms with van der Waals surface area (Å²) in [5.41, 5.74) is -0.499. The Kier molecular flexibility index (Phi) is 3.77. The summed E-state index contributed by atoms with van der Waals surface area (Å²) in [7, 11) is 0. The highest BCUT2D eigenvalue weighted by Gasteiger charge is 2.52. The summed E-state index contributed by atoms with van der Waals surface area (Å²) in [5, 5.41) is 5.27. The van der Waals surface area contributed by atoms with E-state index in [9.17, 15) is 9.59 Å². The first-order chi connectivity index (χ1) is 10.2. The Bertz CT molecular complexity index is 660. The number of ether oxygens (including phenoxy) is 1. The quantitative estimate of drug-likeness (QED) is 0.859. The van der Waals surface area contributed by atoms with E-state index in [1.54, 1.807) is 19.2 Å². The third kappa shape index (κ3) is 2.71. The monoisotopic (exact) mass is 322 g/mol. The van der Waals surface area contributed by atoms with Crippen LogP contribution in [-0.2, 0) is 14.9 Å². The number of carbonyl (C=O) groups excluding carboxylic acids is 2. The molecule has 0 atom stereocenters. The van der Waals surface area contributed by atoms with E-state index in [2.05, 4.69) is 10.3 Å². The van der Waals surface area contributed by atoms with Gasteiger partial charge >= 0.3 is 5.97 Å². The summed E-state index contributed by atoms with van der Waals surface area (Å²) in [6, 6.07) is 3.58. The van der Waals surface area contributed by atoms with E-state index >= 15 is 0 Å². The third-order valence-corrected chi connectivity index (χ3v) is 5.35. The summed E-state index contributed by atoms with van der Waals surface area (Å²) in [6.07, 6.45) is 3.25. The lowest BCUT2D eigenvalue weighted by Gasteiger charge is -2.11.